The van der Waals surface area contributed by atoms with Crippen molar-refractivity contribution in [3.8, 4) is 6.07 Å². The Hall–Kier alpha value is -1.66. The molecule has 0 saturated carbocycles. The molecular weight excluding hydrogens is 227 g/mol. The van der Waals surface area contributed by atoms with Crippen LogP contribution in [0.3, 0.4) is 0 Å². The first kappa shape index (κ1) is 12.8. The number of nitrogens with zero attached hydrogens (tertiary/aromatic N) is 1. The molecule has 1 aliphatic rings. The van der Waals surface area contributed by atoms with Crippen LogP contribution in [0, 0.1) is 17.1 Å². The zero-order chi connectivity index (χ0) is 12.8. The molecule has 3 heteroatoms. The summed E-state index contributed by atoms with van der Waals surface area (Å²) >= 11 is 0. The van der Waals surface area contributed by atoms with Gasteiger partial charge in [-0.05, 0) is 44.4 Å². The topological polar surface area (TPSA) is 35.8 Å². The summed E-state index contributed by atoms with van der Waals surface area (Å²) in [5, 5.41) is 11.9. The molecule has 0 bridgehead atoms. The predicted molar refractivity (Wildman–Crippen MR) is 69.4 cm³/mol. The summed E-state index contributed by atoms with van der Waals surface area (Å²) in [6, 6.07) is 6.55. The van der Waals surface area contributed by atoms with Gasteiger partial charge in [0.1, 0.15) is 5.82 Å². The molecule has 0 saturated heterocycles. The number of nitriles is 1. The van der Waals surface area contributed by atoms with Gasteiger partial charge in [-0.3, -0.25) is 0 Å². The van der Waals surface area contributed by atoms with Crippen LogP contribution in [0.25, 0.3) is 0 Å². The number of benzene rings is 1. The highest BCUT2D eigenvalue weighted by molar-refractivity contribution is 5.32. The Morgan fingerprint density at radius 2 is 2.28 bits per heavy atom. The van der Waals surface area contributed by atoms with Crippen molar-refractivity contribution in [1.29, 1.82) is 5.26 Å². The average Bonchev–Trinajstić information content (AvgIpc) is 2.89. The lowest BCUT2D eigenvalue weighted by Crippen LogP contribution is -2.16. The summed E-state index contributed by atoms with van der Waals surface area (Å²) < 4.78 is 13.6. The Balaban J connectivity index is 1.78. The molecule has 0 aliphatic heterocycles. The normalized spacial score (nSPS) is 14.3. The summed E-state index contributed by atoms with van der Waals surface area (Å²) in [6.45, 7) is 1.40. The van der Waals surface area contributed by atoms with Crippen LogP contribution in [0.2, 0.25) is 0 Å². The van der Waals surface area contributed by atoms with Crippen LogP contribution in [0.4, 0.5) is 4.39 Å². The molecule has 1 N–H and O–H groups in total. The highest BCUT2D eigenvalue weighted by Gasteiger charge is 2.05. The van der Waals surface area contributed by atoms with Crippen LogP contribution in [-0.4, -0.2) is 6.54 Å². The summed E-state index contributed by atoms with van der Waals surface area (Å²) in [6.07, 6.45) is 7.06. The average molecular weight is 244 g/mol. The molecule has 0 radical (unpaired) electrons. The van der Waals surface area contributed by atoms with Crippen molar-refractivity contribution in [3.05, 3.63) is 46.8 Å². The van der Waals surface area contributed by atoms with Gasteiger partial charge in [0.25, 0.3) is 0 Å². The molecule has 94 valence electrons. The molecule has 18 heavy (non-hydrogen) atoms. The van der Waals surface area contributed by atoms with Crippen molar-refractivity contribution in [1.82, 2.24) is 5.32 Å². The van der Waals surface area contributed by atoms with E-state index in [1.807, 2.05) is 6.07 Å². The van der Waals surface area contributed by atoms with Crippen molar-refractivity contribution in [2.75, 3.05) is 6.54 Å². The van der Waals surface area contributed by atoms with Gasteiger partial charge in [-0.2, -0.15) is 5.26 Å². The minimum Gasteiger partial charge on any atom is -0.312 e. The SMILES string of the molecule is N#Cc1ccc(CNCCC2=CCCC2)c(F)c1. The molecule has 1 aromatic carbocycles. The molecule has 0 atom stereocenters. The lowest BCUT2D eigenvalue weighted by molar-refractivity contribution is 0.587. The van der Waals surface area contributed by atoms with Crippen molar-refractivity contribution in [3.63, 3.8) is 0 Å². The number of allylic oxidation sites excluding steroid dienone is 1. The fourth-order valence-corrected chi connectivity index (χ4v) is 2.20. The highest BCUT2D eigenvalue weighted by atomic mass is 19.1. The van der Waals surface area contributed by atoms with Crippen LogP contribution in [0.5, 0.6) is 0 Å². The van der Waals surface area contributed by atoms with Crippen molar-refractivity contribution < 1.29 is 4.39 Å². The Morgan fingerprint density at radius 1 is 1.39 bits per heavy atom. The van der Waals surface area contributed by atoms with Gasteiger partial charge in [-0.15, -0.1) is 0 Å². The van der Waals surface area contributed by atoms with Crippen molar-refractivity contribution >= 4 is 0 Å². The summed E-state index contributed by atoms with van der Waals surface area (Å²) in [4.78, 5) is 0. The number of rotatable bonds is 5. The monoisotopic (exact) mass is 244 g/mol. The molecule has 1 aliphatic carbocycles. The van der Waals surface area contributed by atoms with Crippen LogP contribution in [-0.2, 0) is 6.54 Å². The van der Waals surface area contributed by atoms with Crippen molar-refractivity contribution in [2.45, 2.75) is 32.2 Å². The number of hydrogen-bond donors (Lipinski definition) is 1. The fraction of sp³-hybridized carbons (Fsp3) is 0.400. The predicted octanol–water partition coefficient (Wildman–Crippen LogP) is 3.29. The van der Waals surface area contributed by atoms with E-state index in [2.05, 4.69) is 11.4 Å². The van der Waals surface area contributed by atoms with E-state index in [1.165, 1.54) is 30.9 Å². The maximum atomic E-state index is 13.6. The zero-order valence-corrected chi connectivity index (χ0v) is 10.4. The van der Waals surface area contributed by atoms with Gasteiger partial charge in [-0.25, -0.2) is 4.39 Å². The highest BCUT2D eigenvalue weighted by Crippen LogP contribution is 2.19. The second kappa shape index (κ2) is 6.32. The van der Waals surface area contributed by atoms with Gasteiger partial charge in [0.05, 0.1) is 11.6 Å². The van der Waals surface area contributed by atoms with Crippen LogP contribution in [0.15, 0.2) is 29.8 Å². The standard InChI is InChI=1S/C15H17FN2/c16-15-9-13(10-17)5-6-14(15)11-18-8-7-12-3-1-2-4-12/h3,5-6,9,18H,1-2,4,7-8,11H2. The fourth-order valence-electron chi connectivity index (χ4n) is 2.20. The Bertz CT molecular complexity index is 486. The Morgan fingerprint density at radius 3 is 2.94 bits per heavy atom. The zero-order valence-electron chi connectivity index (χ0n) is 10.4. The molecule has 1 aromatic rings. The number of hydrogen-bond acceptors (Lipinski definition) is 2. The van der Waals surface area contributed by atoms with E-state index in [0.29, 0.717) is 17.7 Å². The smallest absolute Gasteiger partial charge is 0.129 e. The lowest BCUT2D eigenvalue weighted by Gasteiger charge is -2.06. The second-order valence-corrected chi connectivity index (χ2v) is 4.60. The van der Waals surface area contributed by atoms with Crippen LogP contribution in [0.1, 0.15) is 36.8 Å². The second-order valence-electron chi connectivity index (χ2n) is 4.60. The third-order valence-corrected chi connectivity index (χ3v) is 3.26. The quantitative estimate of drug-likeness (QED) is 0.637. The lowest BCUT2D eigenvalue weighted by atomic mass is 10.1. The maximum absolute atomic E-state index is 13.6. The summed E-state index contributed by atoms with van der Waals surface area (Å²) in [5.74, 6) is -0.304. The Kier molecular flexibility index (Phi) is 4.49. The van der Waals surface area contributed by atoms with Gasteiger partial charge in [0, 0.05) is 12.1 Å². The summed E-state index contributed by atoms with van der Waals surface area (Å²) in [5.41, 5.74) is 2.50. The van der Waals surface area contributed by atoms with E-state index in [1.54, 1.807) is 12.1 Å². The van der Waals surface area contributed by atoms with Crippen LogP contribution >= 0.6 is 0 Å². The van der Waals surface area contributed by atoms with E-state index in [-0.39, 0.29) is 5.82 Å². The molecule has 0 unspecified atom stereocenters. The third-order valence-electron chi connectivity index (χ3n) is 3.26. The minimum atomic E-state index is -0.304. The van der Waals surface area contributed by atoms with E-state index < -0.39 is 0 Å². The maximum Gasteiger partial charge on any atom is 0.129 e. The molecule has 0 amide bonds. The van der Waals surface area contributed by atoms with E-state index in [0.717, 1.165) is 13.0 Å². The number of halogens is 1. The molecule has 0 heterocycles. The van der Waals surface area contributed by atoms with Gasteiger partial charge < -0.3 is 5.32 Å². The first-order chi connectivity index (χ1) is 8.79. The number of nitrogens with one attached hydrogen (secondary N) is 1. The molecule has 0 fully saturated rings. The first-order valence-electron chi connectivity index (χ1n) is 6.37. The molecular formula is C15H17FN2. The van der Waals surface area contributed by atoms with Crippen LogP contribution < -0.4 is 5.32 Å². The van der Waals surface area contributed by atoms with Gasteiger partial charge >= 0.3 is 0 Å². The van der Waals surface area contributed by atoms with E-state index in [4.69, 9.17) is 5.26 Å². The van der Waals surface area contributed by atoms with Crippen molar-refractivity contribution in [2.24, 2.45) is 0 Å². The molecule has 0 spiro atoms. The minimum absolute atomic E-state index is 0.304. The van der Waals surface area contributed by atoms with E-state index in [9.17, 15) is 4.39 Å². The van der Waals surface area contributed by atoms with E-state index >= 15 is 0 Å². The Labute approximate surface area is 107 Å². The summed E-state index contributed by atoms with van der Waals surface area (Å²) in [7, 11) is 0. The molecule has 2 nitrogen and oxygen atoms in total. The van der Waals surface area contributed by atoms with Gasteiger partial charge in [0.15, 0.2) is 0 Å². The van der Waals surface area contributed by atoms with Gasteiger partial charge in [0.2, 0.25) is 0 Å². The molecule has 0 aromatic heterocycles. The third kappa shape index (κ3) is 3.41. The van der Waals surface area contributed by atoms with Gasteiger partial charge in [-0.1, -0.05) is 17.7 Å². The first-order valence-corrected chi connectivity index (χ1v) is 6.37. The largest absolute Gasteiger partial charge is 0.312 e. The molecule has 2 rings (SSSR count).